The first-order valence-corrected chi connectivity index (χ1v) is 10.8. The Hall–Kier alpha value is -3.32. The minimum absolute atomic E-state index is 0.0408. The summed E-state index contributed by atoms with van der Waals surface area (Å²) in [6, 6.07) is 12.4. The van der Waals surface area contributed by atoms with Gasteiger partial charge in [-0.15, -0.1) is 0 Å². The lowest BCUT2D eigenvalue weighted by molar-refractivity contribution is -0.140. The number of amides is 1. The van der Waals surface area contributed by atoms with E-state index in [1.54, 1.807) is 36.4 Å². The molecule has 1 aliphatic rings. The van der Waals surface area contributed by atoms with E-state index >= 15 is 0 Å². The van der Waals surface area contributed by atoms with Gasteiger partial charge in [-0.05, 0) is 62.5 Å². The highest BCUT2D eigenvalue weighted by molar-refractivity contribution is 6.46. The molecule has 0 spiro atoms. The normalized spacial score (nSPS) is 17.9. The van der Waals surface area contributed by atoms with E-state index in [0.29, 0.717) is 36.6 Å². The Morgan fingerprint density at radius 3 is 2.31 bits per heavy atom. The number of phenols is 1. The second-order valence-corrected chi connectivity index (χ2v) is 8.11. The molecule has 0 saturated carbocycles. The van der Waals surface area contributed by atoms with E-state index < -0.39 is 17.7 Å². The molecule has 2 aromatic carbocycles. The van der Waals surface area contributed by atoms with E-state index in [2.05, 4.69) is 6.92 Å². The molecule has 0 bridgehead atoms. The fraction of sp³-hybridized carbons (Fsp3) is 0.360. The van der Waals surface area contributed by atoms with Crippen LogP contribution >= 0.6 is 0 Å². The number of aliphatic hydroxyl groups is 1. The molecule has 3 rings (SSSR count). The third-order valence-corrected chi connectivity index (χ3v) is 5.43. The van der Waals surface area contributed by atoms with E-state index in [9.17, 15) is 19.8 Å². The third-order valence-electron chi connectivity index (χ3n) is 5.43. The molecule has 7 nitrogen and oxygen atoms in total. The van der Waals surface area contributed by atoms with Crippen LogP contribution in [0.4, 0.5) is 0 Å². The molecule has 2 N–H and O–H groups in total. The van der Waals surface area contributed by atoms with E-state index in [0.717, 1.165) is 12.8 Å². The van der Waals surface area contributed by atoms with Gasteiger partial charge in [0, 0.05) is 18.7 Å². The Morgan fingerprint density at radius 2 is 1.72 bits per heavy atom. The maximum absolute atomic E-state index is 13.0. The molecule has 0 aliphatic carbocycles. The quantitative estimate of drug-likeness (QED) is 0.269. The van der Waals surface area contributed by atoms with Gasteiger partial charge in [0.2, 0.25) is 0 Å². The molecule has 0 unspecified atom stereocenters. The van der Waals surface area contributed by atoms with Crippen LogP contribution in [0.3, 0.4) is 0 Å². The van der Waals surface area contributed by atoms with Gasteiger partial charge >= 0.3 is 0 Å². The van der Waals surface area contributed by atoms with Crippen molar-refractivity contribution in [2.75, 3.05) is 33.8 Å². The van der Waals surface area contributed by atoms with Gasteiger partial charge in [0.05, 0.1) is 18.2 Å². The van der Waals surface area contributed by atoms with Crippen LogP contribution in [-0.2, 0) is 9.59 Å². The highest BCUT2D eigenvalue weighted by Gasteiger charge is 2.45. The molecule has 1 fully saturated rings. The summed E-state index contributed by atoms with van der Waals surface area (Å²) in [6.45, 7) is 3.58. The van der Waals surface area contributed by atoms with Crippen molar-refractivity contribution in [3.05, 3.63) is 65.2 Å². The molecule has 32 heavy (non-hydrogen) atoms. The highest BCUT2D eigenvalue weighted by Crippen LogP contribution is 2.39. The number of rotatable bonds is 9. The second-order valence-electron chi connectivity index (χ2n) is 8.11. The first kappa shape index (κ1) is 23.3. The average molecular weight is 439 g/mol. The monoisotopic (exact) mass is 438 g/mol. The van der Waals surface area contributed by atoms with E-state index in [4.69, 9.17) is 4.74 Å². The summed E-state index contributed by atoms with van der Waals surface area (Å²) in [5.41, 5.74) is 1.11. The fourth-order valence-electron chi connectivity index (χ4n) is 3.62. The molecule has 1 atom stereocenters. The second kappa shape index (κ2) is 10.3. The van der Waals surface area contributed by atoms with Crippen LogP contribution in [0.5, 0.6) is 11.5 Å². The first-order valence-electron chi connectivity index (χ1n) is 10.8. The maximum Gasteiger partial charge on any atom is 0.295 e. The topological polar surface area (TPSA) is 90.3 Å². The maximum atomic E-state index is 13.0. The number of carbonyl (C=O) groups is 2. The molecular weight excluding hydrogens is 408 g/mol. The van der Waals surface area contributed by atoms with Gasteiger partial charge in [-0.2, -0.15) is 0 Å². The number of carbonyl (C=O) groups excluding carboxylic acids is 2. The SMILES string of the molecule is CCCCOc1ccc(C(O)=C2C(=O)C(=O)N(CCN(C)C)[C@@H]2c2ccc(O)cc2)cc1. The summed E-state index contributed by atoms with van der Waals surface area (Å²) in [5, 5.41) is 20.7. The Morgan fingerprint density at radius 1 is 1.06 bits per heavy atom. The van der Waals surface area contributed by atoms with Gasteiger partial charge in [-0.1, -0.05) is 25.5 Å². The number of likely N-dealkylation sites (N-methyl/N-ethyl adjacent to an activating group) is 1. The zero-order chi connectivity index (χ0) is 23.3. The zero-order valence-corrected chi connectivity index (χ0v) is 18.7. The summed E-state index contributed by atoms with van der Waals surface area (Å²) < 4.78 is 5.66. The number of aliphatic hydroxyl groups excluding tert-OH is 1. The summed E-state index contributed by atoms with van der Waals surface area (Å²) in [6.07, 6.45) is 1.98. The van der Waals surface area contributed by atoms with Crippen molar-refractivity contribution in [1.29, 1.82) is 0 Å². The molecule has 0 aromatic heterocycles. The van der Waals surface area contributed by atoms with Crippen LogP contribution in [-0.4, -0.2) is 65.5 Å². The van der Waals surface area contributed by atoms with Crippen LogP contribution in [0.2, 0.25) is 0 Å². The van der Waals surface area contributed by atoms with Crippen molar-refractivity contribution in [3.8, 4) is 11.5 Å². The van der Waals surface area contributed by atoms with Crippen molar-refractivity contribution >= 4 is 17.4 Å². The molecule has 0 radical (unpaired) electrons. The number of Topliss-reactive ketones (excluding diaryl/α,β-unsaturated/α-hetero) is 1. The molecule has 7 heteroatoms. The van der Waals surface area contributed by atoms with Crippen LogP contribution in [0.25, 0.3) is 5.76 Å². The minimum Gasteiger partial charge on any atom is -0.508 e. The first-order chi connectivity index (χ1) is 15.3. The molecule has 1 aliphatic heterocycles. The number of hydrogen-bond acceptors (Lipinski definition) is 6. The van der Waals surface area contributed by atoms with Crippen LogP contribution < -0.4 is 4.74 Å². The summed E-state index contributed by atoms with van der Waals surface area (Å²) in [4.78, 5) is 29.2. The number of phenolic OH excluding ortho intramolecular Hbond substituents is 1. The zero-order valence-electron chi connectivity index (χ0n) is 18.7. The van der Waals surface area contributed by atoms with Gasteiger partial charge in [0.15, 0.2) is 0 Å². The minimum atomic E-state index is -0.740. The molecule has 1 amide bonds. The number of ketones is 1. The van der Waals surface area contributed by atoms with Crippen LogP contribution in [0.15, 0.2) is 54.1 Å². The van der Waals surface area contributed by atoms with Gasteiger partial charge in [0.1, 0.15) is 17.3 Å². The number of unbranched alkanes of at least 4 members (excludes halogenated alkanes) is 1. The largest absolute Gasteiger partial charge is 0.508 e. The number of benzene rings is 2. The van der Waals surface area contributed by atoms with Crippen LogP contribution in [0.1, 0.15) is 36.9 Å². The van der Waals surface area contributed by atoms with Gasteiger partial charge in [-0.25, -0.2) is 0 Å². The smallest absolute Gasteiger partial charge is 0.295 e. The number of likely N-dealkylation sites (tertiary alicyclic amines) is 1. The summed E-state index contributed by atoms with van der Waals surface area (Å²) in [7, 11) is 3.77. The number of aromatic hydroxyl groups is 1. The predicted octanol–water partition coefficient (Wildman–Crippen LogP) is 3.55. The Balaban J connectivity index is 2.00. The number of ether oxygens (including phenoxy) is 1. The van der Waals surface area contributed by atoms with Crippen molar-refractivity contribution in [3.63, 3.8) is 0 Å². The van der Waals surface area contributed by atoms with Crippen molar-refractivity contribution < 1.29 is 24.5 Å². The Bertz CT molecular complexity index is 980. The van der Waals surface area contributed by atoms with E-state index in [-0.39, 0.29) is 17.1 Å². The Labute approximate surface area is 188 Å². The predicted molar refractivity (Wildman–Crippen MR) is 123 cm³/mol. The lowest BCUT2D eigenvalue weighted by atomic mass is 9.95. The molecule has 170 valence electrons. The van der Waals surface area contributed by atoms with Gasteiger partial charge in [-0.3, -0.25) is 9.59 Å². The van der Waals surface area contributed by atoms with Crippen molar-refractivity contribution in [2.24, 2.45) is 0 Å². The molecule has 2 aromatic rings. The number of hydrogen-bond donors (Lipinski definition) is 2. The van der Waals surface area contributed by atoms with Crippen molar-refractivity contribution in [2.45, 2.75) is 25.8 Å². The average Bonchev–Trinajstić information content (AvgIpc) is 3.03. The third kappa shape index (κ3) is 5.11. The van der Waals surface area contributed by atoms with Gasteiger partial charge < -0.3 is 24.7 Å². The standard InChI is InChI=1S/C25H30N2O5/c1-4-5-16-32-20-12-8-18(9-13-20)23(29)21-22(17-6-10-19(28)11-7-17)27(15-14-26(2)3)25(31)24(21)30/h6-13,22,28-29H,4-5,14-16H2,1-3H3/t22-/m1/s1. The summed E-state index contributed by atoms with van der Waals surface area (Å²) >= 11 is 0. The highest BCUT2D eigenvalue weighted by atomic mass is 16.5. The van der Waals surface area contributed by atoms with Gasteiger partial charge in [0.25, 0.3) is 11.7 Å². The summed E-state index contributed by atoms with van der Waals surface area (Å²) in [5.74, 6) is -0.836. The lowest BCUT2D eigenvalue weighted by Crippen LogP contribution is -2.35. The Kier molecular flexibility index (Phi) is 7.53. The lowest BCUT2D eigenvalue weighted by Gasteiger charge is -2.26. The van der Waals surface area contributed by atoms with Crippen molar-refractivity contribution in [1.82, 2.24) is 9.80 Å². The molecular formula is C25H30N2O5. The van der Waals surface area contributed by atoms with E-state index in [1.165, 1.54) is 17.0 Å². The molecule has 1 saturated heterocycles. The molecule has 1 heterocycles. The fourth-order valence-corrected chi connectivity index (χ4v) is 3.62. The number of nitrogens with zero attached hydrogens (tertiary/aromatic N) is 2. The van der Waals surface area contributed by atoms with Crippen LogP contribution in [0, 0.1) is 0 Å². The van der Waals surface area contributed by atoms with E-state index in [1.807, 2.05) is 19.0 Å².